The van der Waals surface area contributed by atoms with Gasteiger partial charge >= 0.3 is 0 Å². The van der Waals surface area contributed by atoms with Gasteiger partial charge in [0.05, 0.1) is 13.4 Å². The van der Waals surface area contributed by atoms with Crippen molar-refractivity contribution in [3.05, 3.63) is 125 Å². The highest BCUT2D eigenvalue weighted by molar-refractivity contribution is 8.37. The third-order valence-corrected chi connectivity index (χ3v) is 11.6. The standard InChI is InChI=1S/C32H24S4/c1-5-22-13-12-14-23(21-22)19-20-26-27(24-15-8-6-9-16-24)34-30(33-26)31-35-28(25-17-10-7-11-18-25)29(36-31)32(2,3)4/h1,6-18,21H,2-4H3/b31-30-. The molecule has 4 heteroatoms. The lowest BCUT2D eigenvalue weighted by atomic mass is 9.94. The molecule has 176 valence electrons. The number of rotatable bonds is 2. The van der Waals surface area contributed by atoms with E-state index in [1.54, 1.807) is 11.8 Å². The Labute approximate surface area is 231 Å². The fourth-order valence-electron chi connectivity index (χ4n) is 3.72. The summed E-state index contributed by atoms with van der Waals surface area (Å²) in [5, 5.41) is 0. The van der Waals surface area contributed by atoms with E-state index >= 15 is 0 Å². The minimum atomic E-state index is 0.0689. The molecule has 2 aliphatic rings. The maximum atomic E-state index is 5.59. The van der Waals surface area contributed by atoms with Crippen LogP contribution >= 0.6 is 47.0 Å². The van der Waals surface area contributed by atoms with Crippen LogP contribution in [0.5, 0.6) is 0 Å². The molecule has 36 heavy (non-hydrogen) atoms. The third kappa shape index (κ3) is 5.54. The number of thioether (sulfide) groups is 4. The number of benzene rings is 3. The van der Waals surface area contributed by atoms with Gasteiger partial charge in [0.2, 0.25) is 0 Å². The maximum Gasteiger partial charge on any atom is 0.0776 e. The lowest BCUT2D eigenvalue weighted by Crippen LogP contribution is -2.06. The zero-order chi connectivity index (χ0) is 25.1. The summed E-state index contributed by atoms with van der Waals surface area (Å²) >= 11 is 7.45. The van der Waals surface area contributed by atoms with E-state index in [-0.39, 0.29) is 5.41 Å². The van der Waals surface area contributed by atoms with Crippen molar-refractivity contribution in [3.8, 4) is 24.2 Å². The predicted octanol–water partition coefficient (Wildman–Crippen LogP) is 9.89. The van der Waals surface area contributed by atoms with Gasteiger partial charge in [-0.15, -0.1) is 6.42 Å². The third-order valence-electron chi connectivity index (χ3n) is 5.46. The molecule has 0 saturated carbocycles. The second-order valence-electron chi connectivity index (χ2n) is 9.26. The zero-order valence-corrected chi connectivity index (χ0v) is 23.6. The Morgan fingerprint density at radius 2 is 1.19 bits per heavy atom. The smallest absolute Gasteiger partial charge is 0.0776 e. The van der Waals surface area contributed by atoms with Gasteiger partial charge < -0.3 is 0 Å². The molecule has 3 aromatic rings. The monoisotopic (exact) mass is 536 g/mol. The van der Waals surface area contributed by atoms with E-state index in [4.69, 9.17) is 6.42 Å². The Morgan fingerprint density at radius 3 is 1.83 bits per heavy atom. The van der Waals surface area contributed by atoms with Crippen molar-refractivity contribution in [1.82, 2.24) is 0 Å². The summed E-state index contributed by atoms with van der Waals surface area (Å²) in [6, 6.07) is 29.2. The van der Waals surface area contributed by atoms with Crippen LogP contribution in [-0.4, -0.2) is 0 Å². The fourth-order valence-corrected chi connectivity index (χ4v) is 9.50. The number of allylic oxidation sites excluding steroid dienone is 2. The summed E-state index contributed by atoms with van der Waals surface area (Å²) in [7, 11) is 0. The first-order valence-corrected chi connectivity index (χ1v) is 14.8. The molecule has 3 aromatic carbocycles. The normalized spacial score (nSPS) is 17.7. The molecule has 0 atom stereocenters. The van der Waals surface area contributed by atoms with E-state index in [1.165, 1.54) is 34.3 Å². The van der Waals surface area contributed by atoms with Crippen LogP contribution in [0.25, 0.3) is 9.81 Å². The van der Waals surface area contributed by atoms with Crippen LogP contribution < -0.4 is 0 Å². The molecule has 0 aliphatic carbocycles. The highest BCUT2D eigenvalue weighted by atomic mass is 32.2. The van der Waals surface area contributed by atoms with Crippen LogP contribution in [0.2, 0.25) is 0 Å². The van der Waals surface area contributed by atoms with Gasteiger partial charge in [-0.25, -0.2) is 0 Å². The molecule has 0 aromatic heterocycles. The minimum Gasteiger partial charge on any atom is -0.115 e. The highest BCUT2D eigenvalue weighted by Crippen LogP contribution is 2.65. The van der Waals surface area contributed by atoms with Crippen molar-refractivity contribution in [3.63, 3.8) is 0 Å². The molecule has 0 bridgehead atoms. The molecule has 0 amide bonds. The van der Waals surface area contributed by atoms with E-state index in [2.05, 4.69) is 99.2 Å². The van der Waals surface area contributed by atoms with Gasteiger partial charge in [-0.2, -0.15) is 0 Å². The molecule has 5 rings (SSSR count). The molecular formula is C32H24S4. The lowest BCUT2D eigenvalue weighted by molar-refractivity contribution is 0.536. The van der Waals surface area contributed by atoms with Crippen LogP contribution in [0.15, 0.2) is 103 Å². The molecule has 2 heterocycles. The van der Waals surface area contributed by atoms with Crippen molar-refractivity contribution in [2.75, 3.05) is 0 Å². The first-order chi connectivity index (χ1) is 17.4. The Hall–Kier alpha value is -2.60. The van der Waals surface area contributed by atoms with Crippen molar-refractivity contribution < 1.29 is 0 Å². The summed E-state index contributed by atoms with van der Waals surface area (Å²) in [5.74, 6) is 9.53. The van der Waals surface area contributed by atoms with E-state index < -0.39 is 0 Å². The van der Waals surface area contributed by atoms with E-state index in [0.29, 0.717) is 0 Å². The van der Waals surface area contributed by atoms with Gasteiger partial charge in [0.1, 0.15) is 0 Å². The first kappa shape index (κ1) is 25.1. The Morgan fingerprint density at radius 1 is 0.611 bits per heavy atom. The maximum absolute atomic E-state index is 5.59. The summed E-state index contributed by atoms with van der Waals surface area (Å²) in [4.78, 5) is 5.10. The van der Waals surface area contributed by atoms with Crippen LogP contribution in [0.3, 0.4) is 0 Å². The van der Waals surface area contributed by atoms with Crippen molar-refractivity contribution >= 4 is 56.9 Å². The van der Waals surface area contributed by atoms with Crippen LogP contribution in [0, 0.1) is 29.6 Å². The second-order valence-corrected chi connectivity index (χ2v) is 13.9. The van der Waals surface area contributed by atoms with Gasteiger partial charge in [0, 0.05) is 25.8 Å². The van der Waals surface area contributed by atoms with Gasteiger partial charge in [0.25, 0.3) is 0 Å². The van der Waals surface area contributed by atoms with Gasteiger partial charge in [-0.3, -0.25) is 0 Å². The molecule has 0 nitrogen and oxygen atoms in total. The number of terminal acetylenes is 1. The highest BCUT2D eigenvalue weighted by Gasteiger charge is 2.34. The van der Waals surface area contributed by atoms with E-state index in [1.807, 2.05) is 59.6 Å². The van der Waals surface area contributed by atoms with Crippen LogP contribution in [0.4, 0.5) is 0 Å². The summed E-state index contributed by atoms with van der Waals surface area (Å²) in [6.45, 7) is 6.91. The molecule has 0 spiro atoms. The Bertz CT molecular complexity index is 1500. The summed E-state index contributed by atoms with van der Waals surface area (Å²) in [6.07, 6.45) is 5.59. The Kier molecular flexibility index (Phi) is 7.52. The minimum absolute atomic E-state index is 0.0689. The zero-order valence-electron chi connectivity index (χ0n) is 20.3. The molecule has 0 radical (unpaired) electrons. The van der Waals surface area contributed by atoms with Crippen molar-refractivity contribution in [2.24, 2.45) is 5.41 Å². The summed E-state index contributed by atoms with van der Waals surface area (Å²) in [5.41, 5.74) is 4.34. The van der Waals surface area contributed by atoms with Gasteiger partial charge in [-0.1, -0.05) is 152 Å². The molecule has 0 N–H and O–H groups in total. The lowest BCUT2D eigenvalue weighted by Gasteiger charge is -2.21. The molecule has 2 aliphatic heterocycles. The average molecular weight is 537 g/mol. The van der Waals surface area contributed by atoms with Crippen LogP contribution in [-0.2, 0) is 0 Å². The molecule has 0 unspecified atom stereocenters. The molecular weight excluding hydrogens is 513 g/mol. The van der Waals surface area contributed by atoms with E-state index in [0.717, 1.165) is 16.0 Å². The predicted molar refractivity (Wildman–Crippen MR) is 165 cm³/mol. The molecule has 0 fully saturated rings. The summed E-state index contributed by atoms with van der Waals surface area (Å²) < 4.78 is 2.64. The first-order valence-electron chi connectivity index (χ1n) is 11.6. The average Bonchev–Trinajstić information content (AvgIpc) is 3.54. The quantitative estimate of drug-likeness (QED) is 0.299. The molecule has 0 saturated heterocycles. The fraction of sp³-hybridized carbons (Fsp3) is 0.125. The van der Waals surface area contributed by atoms with Gasteiger partial charge in [0.15, 0.2) is 0 Å². The van der Waals surface area contributed by atoms with Crippen molar-refractivity contribution in [2.45, 2.75) is 20.8 Å². The SMILES string of the molecule is C#Cc1cccc(C#CC2=C(c3ccccc3)S/C(=C3/SC(c4ccccc4)=C(C(C)(C)C)S3)S2)c1. The van der Waals surface area contributed by atoms with Crippen LogP contribution in [0.1, 0.15) is 43.0 Å². The topological polar surface area (TPSA) is 0 Å². The second kappa shape index (κ2) is 10.8. The Balaban J connectivity index is 1.52. The largest absolute Gasteiger partial charge is 0.115 e. The number of hydrogen-bond acceptors (Lipinski definition) is 4. The van der Waals surface area contributed by atoms with Crippen molar-refractivity contribution in [1.29, 1.82) is 0 Å². The van der Waals surface area contributed by atoms with Gasteiger partial charge in [-0.05, 0) is 34.7 Å². The van der Waals surface area contributed by atoms with E-state index in [9.17, 15) is 0 Å². The number of hydrogen-bond donors (Lipinski definition) is 0.